The lowest BCUT2D eigenvalue weighted by Crippen LogP contribution is -2.38. The van der Waals surface area contributed by atoms with Crippen molar-refractivity contribution in [1.29, 1.82) is 0 Å². The van der Waals surface area contributed by atoms with Crippen molar-refractivity contribution in [2.75, 3.05) is 40.5 Å². The molecule has 5 nitrogen and oxygen atoms in total. The molecule has 0 atom stereocenters. The van der Waals surface area contributed by atoms with Crippen molar-refractivity contribution in [1.82, 2.24) is 10.6 Å². The highest BCUT2D eigenvalue weighted by Gasteiger charge is 2.01. The van der Waals surface area contributed by atoms with Gasteiger partial charge in [0.25, 0.3) is 0 Å². The highest BCUT2D eigenvalue weighted by molar-refractivity contribution is 5.79. The van der Waals surface area contributed by atoms with Crippen LogP contribution in [0.2, 0.25) is 0 Å². The van der Waals surface area contributed by atoms with Crippen LogP contribution in [0.4, 0.5) is 0 Å². The molecule has 2 N–H and O–H groups in total. The maximum atomic E-state index is 5.36. The van der Waals surface area contributed by atoms with Crippen LogP contribution in [0, 0.1) is 6.92 Å². The minimum Gasteiger partial charge on any atom is -0.496 e. The fourth-order valence-electron chi connectivity index (χ4n) is 2.09. The Kier molecular flexibility index (Phi) is 9.07. The molecule has 0 spiro atoms. The molecule has 0 saturated carbocycles. The molecule has 1 aromatic rings. The summed E-state index contributed by atoms with van der Waals surface area (Å²) in [4.78, 5) is 4.52. The second kappa shape index (κ2) is 10.9. The fraction of sp³-hybridized carbons (Fsp3) is 0.588. The van der Waals surface area contributed by atoms with Gasteiger partial charge in [-0.15, -0.1) is 0 Å². The molecule has 0 aromatic heterocycles. The van der Waals surface area contributed by atoms with E-state index in [0.29, 0.717) is 0 Å². The molecule has 124 valence electrons. The van der Waals surface area contributed by atoms with Crippen molar-refractivity contribution in [2.45, 2.75) is 26.7 Å². The van der Waals surface area contributed by atoms with E-state index in [2.05, 4.69) is 47.7 Å². The summed E-state index contributed by atoms with van der Waals surface area (Å²) >= 11 is 0. The maximum Gasteiger partial charge on any atom is 0.191 e. The topological polar surface area (TPSA) is 54.9 Å². The summed E-state index contributed by atoms with van der Waals surface area (Å²) in [5, 5.41) is 6.61. The van der Waals surface area contributed by atoms with Crippen LogP contribution in [0.3, 0.4) is 0 Å². The van der Waals surface area contributed by atoms with Crippen molar-refractivity contribution in [3.05, 3.63) is 29.3 Å². The molecule has 0 bridgehead atoms. The molecule has 0 aliphatic heterocycles. The third-order valence-electron chi connectivity index (χ3n) is 3.30. The van der Waals surface area contributed by atoms with Crippen molar-refractivity contribution >= 4 is 5.96 Å². The summed E-state index contributed by atoms with van der Waals surface area (Å²) in [6, 6.07) is 6.33. The Morgan fingerprint density at radius 2 is 2.05 bits per heavy atom. The molecule has 0 saturated heterocycles. The van der Waals surface area contributed by atoms with E-state index in [1.807, 2.05) is 0 Å². The lowest BCUT2D eigenvalue weighted by Gasteiger charge is -2.12. The minimum atomic E-state index is 0.742. The molecule has 0 unspecified atom stereocenters. The average Bonchev–Trinajstić information content (AvgIpc) is 2.53. The van der Waals surface area contributed by atoms with E-state index in [4.69, 9.17) is 9.47 Å². The third-order valence-corrected chi connectivity index (χ3v) is 3.30. The van der Waals surface area contributed by atoms with Crippen LogP contribution in [0.5, 0.6) is 5.75 Å². The van der Waals surface area contributed by atoms with E-state index in [9.17, 15) is 0 Å². The van der Waals surface area contributed by atoms with Gasteiger partial charge in [0.1, 0.15) is 5.75 Å². The summed E-state index contributed by atoms with van der Waals surface area (Å²) in [7, 11) is 3.42. The minimum absolute atomic E-state index is 0.742. The Bertz CT molecular complexity index is 461. The Balaban J connectivity index is 2.44. The number of benzene rings is 1. The average molecular weight is 307 g/mol. The van der Waals surface area contributed by atoms with Gasteiger partial charge in [-0.1, -0.05) is 12.1 Å². The molecule has 1 rings (SSSR count). The van der Waals surface area contributed by atoms with Crippen LogP contribution >= 0.6 is 0 Å². The number of rotatable bonds is 9. The molecule has 0 fully saturated rings. The molecule has 0 aliphatic carbocycles. The number of nitrogens with zero attached hydrogens (tertiary/aromatic N) is 1. The van der Waals surface area contributed by atoms with Gasteiger partial charge in [-0.05, 0) is 43.9 Å². The number of methoxy groups -OCH3 is 2. The van der Waals surface area contributed by atoms with Crippen molar-refractivity contribution < 1.29 is 9.47 Å². The van der Waals surface area contributed by atoms with Gasteiger partial charge in [-0.3, -0.25) is 4.99 Å². The Labute approximate surface area is 134 Å². The van der Waals surface area contributed by atoms with Gasteiger partial charge in [-0.25, -0.2) is 0 Å². The number of guanidine groups is 1. The van der Waals surface area contributed by atoms with Crippen molar-refractivity contribution in [3.8, 4) is 5.75 Å². The molecule has 1 aromatic carbocycles. The van der Waals surface area contributed by atoms with Crippen LogP contribution in [0.25, 0.3) is 0 Å². The molecule has 22 heavy (non-hydrogen) atoms. The largest absolute Gasteiger partial charge is 0.496 e. The van der Waals surface area contributed by atoms with Gasteiger partial charge in [0, 0.05) is 33.4 Å². The first-order valence-electron chi connectivity index (χ1n) is 7.85. The number of hydrogen-bond acceptors (Lipinski definition) is 3. The number of ether oxygens (including phenoxy) is 2. The first-order chi connectivity index (χ1) is 10.7. The van der Waals surface area contributed by atoms with E-state index in [1.54, 1.807) is 14.2 Å². The number of aryl methyl sites for hydroxylation is 1. The molecular formula is C17H29N3O2. The quantitative estimate of drug-likeness (QED) is 0.417. The summed E-state index contributed by atoms with van der Waals surface area (Å²) in [5.41, 5.74) is 2.41. The highest BCUT2D eigenvalue weighted by Crippen LogP contribution is 2.18. The second-order valence-corrected chi connectivity index (χ2v) is 5.09. The Morgan fingerprint density at radius 1 is 1.23 bits per heavy atom. The van der Waals surface area contributed by atoms with E-state index < -0.39 is 0 Å². The monoisotopic (exact) mass is 307 g/mol. The summed E-state index contributed by atoms with van der Waals surface area (Å²) in [6.45, 7) is 7.32. The van der Waals surface area contributed by atoms with Crippen molar-refractivity contribution in [3.63, 3.8) is 0 Å². The van der Waals surface area contributed by atoms with Gasteiger partial charge in [0.15, 0.2) is 5.96 Å². The molecule has 0 heterocycles. The van der Waals surface area contributed by atoms with Gasteiger partial charge >= 0.3 is 0 Å². The van der Waals surface area contributed by atoms with Gasteiger partial charge in [0.05, 0.1) is 7.11 Å². The number of hydrogen-bond donors (Lipinski definition) is 2. The van der Waals surface area contributed by atoms with Crippen molar-refractivity contribution in [2.24, 2.45) is 4.99 Å². The smallest absolute Gasteiger partial charge is 0.191 e. The lowest BCUT2D eigenvalue weighted by atomic mass is 10.1. The zero-order valence-electron chi connectivity index (χ0n) is 14.2. The molecule has 0 amide bonds. The highest BCUT2D eigenvalue weighted by atomic mass is 16.5. The summed E-state index contributed by atoms with van der Waals surface area (Å²) in [6.07, 6.45) is 1.86. The Morgan fingerprint density at radius 3 is 2.73 bits per heavy atom. The zero-order chi connectivity index (χ0) is 16.2. The third kappa shape index (κ3) is 6.80. The normalized spacial score (nSPS) is 11.4. The molecule has 0 radical (unpaired) electrons. The predicted octanol–water partition coefficient (Wildman–Crippen LogP) is 2.14. The maximum absolute atomic E-state index is 5.36. The van der Waals surface area contributed by atoms with Crippen LogP contribution in [-0.4, -0.2) is 46.4 Å². The first-order valence-corrected chi connectivity index (χ1v) is 7.85. The zero-order valence-corrected chi connectivity index (χ0v) is 14.2. The van der Waals surface area contributed by atoms with Gasteiger partial charge in [-0.2, -0.15) is 0 Å². The van der Waals surface area contributed by atoms with Gasteiger partial charge in [0.2, 0.25) is 0 Å². The lowest BCUT2D eigenvalue weighted by molar-refractivity contribution is 0.197. The molecular weight excluding hydrogens is 278 g/mol. The van der Waals surface area contributed by atoms with E-state index in [-0.39, 0.29) is 0 Å². The number of nitrogens with one attached hydrogen (secondary N) is 2. The Hall–Kier alpha value is -1.75. The van der Waals surface area contributed by atoms with Crippen LogP contribution in [0.1, 0.15) is 24.5 Å². The molecule has 0 aliphatic rings. The van der Waals surface area contributed by atoms with E-state index in [1.165, 1.54) is 5.56 Å². The standard InChI is InChI=1S/C17H29N3O2/c1-5-18-17(19-10-6-12-21-3)20-11-9-15-8-7-14(2)16(13-15)22-4/h7-8,13H,5-6,9-12H2,1-4H3,(H2,18,19,20). The summed E-state index contributed by atoms with van der Waals surface area (Å²) in [5.74, 6) is 1.80. The van der Waals surface area contributed by atoms with E-state index >= 15 is 0 Å². The van der Waals surface area contributed by atoms with Crippen LogP contribution in [-0.2, 0) is 11.2 Å². The van der Waals surface area contributed by atoms with E-state index in [0.717, 1.165) is 56.4 Å². The van der Waals surface area contributed by atoms with Crippen LogP contribution in [0.15, 0.2) is 23.2 Å². The van der Waals surface area contributed by atoms with Crippen LogP contribution < -0.4 is 15.4 Å². The summed E-state index contributed by atoms with van der Waals surface area (Å²) < 4.78 is 10.4. The molecule has 5 heteroatoms. The second-order valence-electron chi connectivity index (χ2n) is 5.09. The number of aliphatic imine (C=N–C) groups is 1. The SMILES string of the molecule is CCNC(=NCCCOC)NCCc1ccc(C)c(OC)c1. The fourth-order valence-corrected chi connectivity index (χ4v) is 2.09. The predicted molar refractivity (Wildman–Crippen MR) is 91.9 cm³/mol. The first kappa shape index (κ1) is 18.3. The van der Waals surface area contributed by atoms with Gasteiger partial charge < -0.3 is 20.1 Å².